The first-order valence-electron chi connectivity index (χ1n) is 11.3. The number of benzene rings is 3. The van der Waals surface area contributed by atoms with E-state index in [4.69, 9.17) is 14.5 Å². The number of nitrogens with one attached hydrogen (secondary N) is 2. The molecule has 4 aromatic rings. The fourth-order valence-corrected chi connectivity index (χ4v) is 3.79. The Labute approximate surface area is 201 Å². The van der Waals surface area contributed by atoms with Gasteiger partial charge >= 0.3 is 6.03 Å². The molecular weight excluding hydrogens is 449 g/mol. The summed E-state index contributed by atoms with van der Waals surface area (Å²) in [5, 5.41) is 5.32. The van der Waals surface area contributed by atoms with E-state index < -0.39 is 11.8 Å². The summed E-state index contributed by atoms with van der Waals surface area (Å²) in [7, 11) is 0. The molecule has 9 heteroatoms. The van der Waals surface area contributed by atoms with Gasteiger partial charge in [-0.3, -0.25) is 9.88 Å². The summed E-state index contributed by atoms with van der Waals surface area (Å²) >= 11 is 0. The van der Waals surface area contributed by atoms with Gasteiger partial charge in [0.1, 0.15) is 17.3 Å². The minimum absolute atomic E-state index is 0.361. The first kappa shape index (κ1) is 22.7. The van der Waals surface area contributed by atoms with Gasteiger partial charge in [0.25, 0.3) is 0 Å². The topological polar surface area (TPSA) is 88.6 Å². The first-order chi connectivity index (χ1) is 17.1. The average Bonchev–Trinajstić information content (AvgIpc) is 2.85. The van der Waals surface area contributed by atoms with E-state index in [9.17, 15) is 9.18 Å². The van der Waals surface area contributed by atoms with E-state index in [1.165, 1.54) is 18.2 Å². The molecule has 178 valence electrons. The van der Waals surface area contributed by atoms with Crippen LogP contribution in [0, 0.1) is 5.82 Å². The Morgan fingerprint density at radius 2 is 1.69 bits per heavy atom. The van der Waals surface area contributed by atoms with Crippen LogP contribution in [0.2, 0.25) is 0 Å². The standard InChI is InChI=1S/C26H24FN5O3/c27-18-3-1-4-19(13-18)30-26(33)31-20-5-2-6-22(14-20)35-23-7-8-24-25(15-23)29-21(16-28-24)17-32-9-11-34-12-10-32/h1-8,13-16H,9-12,17H2,(H2,30,31,33). The van der Waals surface area contributed by atoms with Crippen molar-refractivity contribution >= 4 is 28.4 Å². The molecule has 0 saturated carbocycles. The van der Waals surface area contributed by atoms with Gasteiger partial charge in [-0.05, 0) is 42.5 Å². The number of aromatic nitrogens is 2. The van der Waals surface area contributed by atoms with E-state index >= 15 is 0 Å². The minimum Gasteiger partial charge on any atom is -0.457 e. The van der Waals surface area contributed by atoms with Crippen molar-refractivity contribution in [2.24, 2.45) is 0 Å². The van der Waals surface area contributed by atoms with E-state index in [1.807, 2.05) is 24.4 Å². The van der Waals surface area contributed by atoms with Crippen LogP contribution in [-0.4, -0.2) is 47.2 Å². The number of nitrogens with zero attached hydrogens (tertiary/aromatic N) is 3. The highest BCUT2D eigenvalue weighted by atomic mass is 19.1. The van der Waals surface area contributed by atoms with Gasteiger partial charge in [-0.2, -0.15) is 0 Å². The van der Waals surface area contributed by atoms with Crippen molar-refractivity contribution in [2.75, 3.05) is 36.9 Å². The highest BCUT2D eigenvalue weighted by molar-refractivity contribution is 5.99. The predicted molar refractivity (Wildman–Crippen MR) is 131 cm³/mol. The third kappa shape index (κ3) is 6.08. The summed E-state index contributed by atoms with van der Waals surface area (Å²) in [6.07, 6.45) is 1.81. The van der Waals surface area contributed by atoms with Gasteiger partial charge in [-0.1, -0.05) is 12.1 Å². The molecule has 35 heavy (non-hydrogen) atoms. The minimum atomic E-state index is -0.485. The van der Waals surface area contributed by atoms with E-state index in [-0.39, 0.29) is 0 Å². The maximum atomic E-state index is 13.3. The molecule has 5 rings (SSSR count). The SMILES string of the molecule is O=C(Nc1cccc(F)c1)Nc1cccc(Oc2ccc3ncc(CN4CCOCC4)nc3c2)c1. The third-order valence-corrected chi connectivity index (χ3v) is 5.46. The van der Waals surface area contributed by atoms with E-state index in [0.29, 0.717) is 22.9 Å². The number of halogens is 1. The molecule has 1 aromatic heterocycles. The van der Waals surface area contributed by atoms with Gasteiger partial charge in [0.15, 0.2) is 0 Å². The Bertz CT molecular complexity index is 1340. The number of hydrogen-bond donors (Lipinski definition) is 2. The van der Waals surface area contributed by atoms with Crippen LogP contribution in [0.1, 0.15) is 5.69 Å². The molecule has 1 fully saturated rings. The summed E-state index contributed by atoms with van der Waals surface area (Å²) in [6, 6.07) is 17.8. The zero-order chi connectivity index (χ0) is 24.0. The molecule has 1 aliphatic rings. The molecule has 0 atom stereocenters. The van der Waals surface area contributed by atoms with Crippen molar-refractivity contribution in [3.05, 3.63) is 84.4 Å². The molecule has 1 aliphatic heterocycles. The molecule has 0 radical (unpaired) electrons. The first-order valence-corrected chi connectivity index (χ1v) is 11.3. The quantitative estimate of drug-likeness (QED) is 0.408. The third-order valence-electron chi connectivity index (χ3n) is 5.46. The number of amides is 2. The zero-order valence-electron chi connectivity index (χ0n) is 18.9. The largest absolute Gasteiger partial charge is 0.457 e. The van der Waals surface area contributed by atoms with Crippen molar-refractivity contribution in [1.29, 1.82) is 0 Å². The second kappa shape index (κ2) is 10.5. The van der Waals surface area contributed by atoms with Crippen LogP contribution in [0.3, 0.4) is 0 Å². The lowest BCUT2D eigenvalue weighted by atomic mass is 10.2. The average molecular weight is 474 g/mol. The summed E-state index contributed by atoms with van der Waals surface area (Å²) in [5.41, 5.74) is 3.32. The van der Waals surface area contributed by atoms with E-state index in [1.54, 1.807) is 30.3 Å². The van der Waals surface area contributed by atoms with Gasteiger partial charge in [0, 0.05) is 43.1 Å². The van der Waals surface area contributed by atoms with Crippen LogP contribution in [-0.2, 0) is 11.3 Å². The molecule has 2 amide bonds. The maximum Gasteiger partial charge on any atom is 0.323 e. The number of urea groups is 1. The smallest absolute Gasteiger partial charge is 0.323 e. The summed E-state index contributed by atoms with van der Waals surface area (Å²) in [4.78, 5) is 23.9. The van der Waals surface area contributed by atoms with Crippen LogP contribution in [0.4, 0.5) is 20.6 Å². The van der Waals surface area contributed by atoms with Crippen molar-refractivity contribution in [2.45, 2.75) is 6.54 Å². The molecule has 0 aliphatic carbocycles. The summed E-state index contributed by atoms with van der Waals surface area (Å²) in [6.45, 7) is 3.96. The molecule has 8 nitrogen and oxygen atoms in total. The van der Waals surface area contributed by atoms with Gasteiger partial charge in [0.2, 0.25) is 0 Å². The molecule has 2 heterocycles. The molecule has 0 unspecified atom stereocenters. The van der Waals surface area contributed by atoms with Gasteiger partial charge in [-0.25, -0.2) is 14.2 Å². The Morgan fingerprint density at radius 1 is 0.943 bits per heavy atom. The monoisotopic (exact) mass is 473 g/mol. The summed E-state index contributed by atoms with van der Waals surface area (Å²) in [5.74, 6) is 0.730. The van der Waals surface area contributed by atoms with Crippen molar-refractivity contribution < 1.29 is 18.7 Å². The second-order valence-corrected chi connectivity index (χ2v) is 8.12. The van der Waals surface area contributed by atoms with Crippen LogP contribution in [0.5, 0.6) is 11.5 Å². The maximum absolute atomic E-state index is 13.3. The van der Waals surface area contributed by atoms with Gasteiger partial charge in [0.05, 0.1) is 36.1 Å². The number of hydrogen-bond acceptors (Lipinski definition) is 6. The highest BCUT2D eigenvalue weighted by Crippen LogP contribution is 2.26. The fourth-order valence-electron chi connectivity index (χ4n) is 3.79. The van der Waals surface area contributed by atoms with Gasteiger partial charge < -0.3 is 20.1 Å². The molecule has 0 bridgehead atoms. The number of carbonyl (C=O) groups is 1. The number of anilines is 2. The number of carbonyl (C=O) groups excluding carboxylic acids is 1. The van der Waals surface area contributed by atoms with Crippen molar-refractivity contribution in [3.8, 4) is 11.5 Å². The van der Waals surface area contributed by atoms with Crippen LogP contribution >= 0.6 is 0 Å². The molecule has 0 spiro atoms. The summed E-state index contributed by atoms with van der Waals surface area (Å²) < 4.78 is 24.7. The second-order valence-electron chi connectivity index (χ2n) is 8.12. The molecule has 3 aromatic carbocycles. The van der Waals surface area contributed by atoms with Gasteiger partial charge in [-0.15, -0.1) is 0 Å². The molecule has 1 saturated heterocycles. The van der Waals surface area contributed by atoms with Crippen LogP contribution in [0.25, 0.3) is 11.0 Å². The zero-order valence-corrected chi connectivity index (χ0v) is 18.9. The molecule has 2 N–H and O–H groups in total. The molecular formula is C26H24FN5O3. The van der Waals surface area contributed by atoms with Crippen molar-refractivity contribution in [1.82, 2.24) is 14.9 Å². The lowest BCUT2D eigenvalue weighted by molar-refractivity contribution is 0.0336. The Hall–Kier alpha value is -4.08. The van der Waals surface area contributed by atoms with Crippen LogP contribution < -0.4 is 15.4 Å². The Kier molecular flexibility index (Phi) is 6.78. The highest BCUT2D eigenvalue weighted by Gasteiger charge is 2.12. The number of ether oxygens (including phenoxy) is 2. The number of fused-ring (bicyclic) bond motifs is 1. The Balaban J connectivity index is 1.25. The van der Waals surface area contributed by atoms with Crippen LogP contribution in [0.15, 0.2) is 72.9 Å². The fraction of sp³-hybridized carbons (Fsp3) is 0.192. The lowest BCUT2D eigenvalue weighted by Crippen LogP contribution is -2.35. The Morgan fingerprint density at radius 3 is 2.49 bits per heavy atom. The number of morpholine rings is 1. The normalized spacial score (nSPS) is 14.0. The number of rotatable bonds is 6. The lowest BCUT2D eigenvalue weighted by Gasteiger charge is -2.26. The van der Waals surface area contributed by atoms with E-state index in [2.05, 4.69) is 20.5 Å². The van der Waals surface area contributed by atoms with E-state index in [0.717, 1.165) is 49.6 Å². The van der Waals surface area contributed by atoms with Crippen molar-refractivity contribution in [3.63, 3.8) is 0 Å². The predicted octanol–water partition coefficient (Wildman–Crippen LogP) is 5.04.